The van der Waals surface area contributed by atoms with Crippen molar-refractivity contribution >= 4 is 27.6 Å². The zero-order valence-corrected chi connectivity index (χ0v) is 21.0. The molecule has 5 aromatic rings. The van der Waals surface area contributed by atoms with E-state index in [2.05, 4.69) is 17.2 Å². The summed E-state index contributed by atoms with van der Waals surface area (Å²) in [6, 6.07) is 17.9. The number of hydrogen-bond donors (Lipinski definition) is 2. The minimum atomic E-state index is -0.648. The van der Waals surface area contributed by atoms with Gasteiger partial charge in [-0.15, -0.1) is 0 Å². The summed E-state index contributed by atoms with van der Waals surface area (Å²) in [7, 11) is 0. The normalized spacial score (nSPS) is 22.7. The monoisotopic (exact) mass is 510 g/mol. The molecule has 2 N–H and O–H groups in total. The van der Waals surface area contributed by atoms with Gasteiger partial charge in [0.25, 0.3) is 0 Å². The number of nitrogens with one attached hydrogen (secondary N) is 2. The predicted molar refractivity (Wildman–Crippen MR) is 145 cm³/mol. The fraction of sp³-hybridized carbons (Fsp3) is 0.290. The van der Waals surface area contributed by atoms with Crippen LogP contribution >= 0.6 is 0 Å². The number of halogens is 2. The largest absolute Gasteiger partial charge is 0.455 e. The van der Waals surface area contributed by atoms with Crippen molar-refractivity contribution in [3.63, 3.8) is 0 Å². The fourth-order valence-electron chi connectivity index (χ4n) is 6.55. The van der Waals surface area contributed by atoms with Crippen molar-refractivity contribution in [2.24, 2.45) is 17.8 Å². The van der Waals surface area contributed by atoms with Crippen LogP contribution in [0.4, 0.5) is 14.6 Å². The lowest BCUT2D eigenvalue weighted by molar-refractivity contribution is 0.0929. The van der Waals surface area contributed by atoms with Gasteiger partial charge in [-0.1, -0.05) is 31.2 Å². The number of fused-ring (bicyclic) bond motifs is 5. The first kappa shape index (κ1) is 23.1. The van der Waals surface area contributed by atoms with Gasteiger partial charge in [-0.25, -0.2) is 18.7 Å². The van der Waals surface area contributed by atoms with Crippen LogP contribution in [-0.4, -0.2) is 21.0 Å². The molecule has 0 radical (unpaired) electrons. The summed E-state index contributed by atoms with van der Waals surface area (Å²) in [6.07, 6.45) is 6.68. The predicted octanol–water partition coefficient (Wildman–Crippen LogP) is 8.09. The number of para-hydroxylation sites is 2. The standard InChI is InChI=1S/C31H28F2N4O/c1-17-18-10-12-19(13-11-18)27(17)35-30-22-8-5-9-26(38-21-6-3-2-4-7-21)29(22)36-31(37-30)24-16-34-28-23(24)14-20(32)15-25(28)33/h2-9,14-19,27,34H,10-13H2,1H3,(H,35,36,37). The molecule has 3 aliphatic rings. The summed E-state index contributed by atoms with van der Waals surface area (Å²) < 4.78 is 35.0. The molecule has 0 saturated heterocycles. The number of anilines is 1. The van der Waals surface area contributed by atoms with Crippen molar-refractivity contribution in [1.82, 2.24) is 15.0 Å². The van der Waals surface area contributed by atoms with Crippen molar-refractivity contribution in [3.05, 3.63) is 78.5 Å². The molecule has 7 heteroatoms. The van der Waals surface area contributed by atoms with E-state index < -0.39 is 11.6 Å². The topological polar surface area (TPSA) is 62.8 Å². The smallest absolute Gasteiger partial charge is 0.164 e. The molecule has 2 aromatic heterocycles. The SMILES string of the molecule is CC1C2CCC(CC2)C1Nc1nc(-c2c[nH]c3c(F)cc(F)cc23)nc2c(Oc3ccccc3)cccc12. The van der Waals surface area contributed by atoms with Crippen molar-refractivity contribution in [3.8, 4) is 22.9 Å². The molecule has 38 heavy (non-hydrogen) atoms. The Hall–Kier alpha value is -4.00. The van der Waals surface area contributed by atoms with Crippen molar-refractivity contribution in [1.29, 1.82) is 0 Å². The Labute approximate surface area is 219 Å². The maximum absolute atomic E-state index is 14.5. The lowest BCUT2D eigenvalue weighted by atomic mass is 9.62. The van der Waals surface area contributed by atoms with Gasteiger partial charge in [-0.05, 0) is 73.8 Å². The molecule has 3 aliphatic carbocycles. The number of aromatic nitrogens is 3. The number of aromatic amines is 1. The summed E-state index contributed by atoms with van der Waals surface area (Å²) in [4.78, 5) is 12.8. The lowest BCUT2D eigenvalue weighted by Crippen LogP contribution is -2.47. The first-order valence-corrected chi connectivity index (χ1v) is 13.3. The van der Waals surface area contributed by atoms with E-state index in [1.807, 2.05) is 48.5 Å². The molecule has 0 aliphatic heterocycles. The molecule has 2 atom stereocenters. The Morgan fingerprint density at radius 3 is 2.47 bits per heavy atom. The number of nitrogens with zero attached hydrogens (tertiary/aromatic N) is 2. The Bertz CT molecular complexity index is 1640. The average Bonchev–Trinajstić information content (AvgIpc) is 3.36. The average molecular weight is 511 g/mol. The Kier molecular flexibility index (Phi) is 5.53. The van der Waals surface area contributed by atoms with Crippen LogP contribution in [-0.2, 0) is 0 Å². The van der Waals surface area contributed by atoms with E-state index in [9.17, 15) is 8.78 Å². The second kappa shape index (κ2) is 9.08. The molecule has 3 fully saturated rings. The summed E-state index contributed by atoms with van der Waals surface area (Å²) in [5, 5.41) is 5.06. The summed E-state index contributed by atoms with van der Waals surface area (Å²) in [5.74, 6) is 2.97. The molecule has 0 spiro atoms. The Morgan fingerprint density at radius 2 is 1.68 bits per heavy atom. The first-order valence-electron chi connectivity index (χ1n) is 13.3. The van der Waals surface area contributed by atoms with E-state index >= 15 is 0 Å². The van der Waals surface area contributed by atoms with Gasteiger partial charge in [0.05, 0.1) is 5.52 Å². The number of benzene rings is 3. The maximum atomic E-state index is 14.5. The maximum Gasteiger partial charge on any atom is 0.164 e. The van der Waals surface area contributed by atoms with Crippen LogP contribution in [0.25, 0.3) is 33.2 Å². The number of rotatable bonds is 5. The van der Waals surface area contributed by atoms with Gasteiger partial charge >= 0.3 is 0 Å². The molecule has 5 nitrogen and oxygen atoms in total. The third kappa shape index (κ3) is 3.88. The summed E-state index contributed by atoms with van der Waals surface area (Å²) in [6.45, 7) is 2.34. The first-order chi connectivity index (χ1) is 18.5. The third-order valence-corrected chi connectivity index (χ3v) is 8.55. The second-order valence-electron chi connectivity index (χ2n) is 10.7. The molecule has 2 unspecified atom stereocenters. The van der Waals surface area contributed by atoms with E-state index in [0.717, 1.165) is 23.2 Å². The van der Waals surface area contributed by atoms with E-state index in [4.69, 9.17) is 14.7 Å². The van der Waals surface area contributed by atoms with Crippen LogP contribution in [0.5, 0.6) is 11.5 Å². The Balaban J connectivity index is 1.40. The fourth-order valence-corrected chi connectivity index (χ4v) is 6.55. The summed E-state index contributed by atoms with van der Waals surface area (Å²) >= 11 is 0. The zero-order chi connectivity index (χ0) is 25.8. The van der Waals surface area contributed by atoms with Crippen LogP contribution in [0.1, 0.15) is 32.6 Å². The van der Waals surface area contributed by atoms with E-state index in [0.29, 0.717) is 51.7 Å². The number of ether oxygens (including phenoxy) is 1. The van der Waals surface area contributed by atoms with Gasteiger partial charge in [0.1, 0.15) is 28.7 Å². The van der Waals surface area contributed by atoms with E-state index in [1.165, 1.54) is 31.7 Å². The molecule has 0 amide bonds. The molecule has 3 saturated carbocycles. The van der Waals surface area contributed by atoms with Crippen molar-refractivity contribution in [2.75, 3.05) is 5.32 Å². The lowest BCUT2D eigenvalue weighted by Gasteiger charge is -2.47. The van der Waals surface area contributed by atoms with Crippen LogP contribution < -0.4 is 10.1 Å². The van der Waals surface area contributed by atoms with Gasteiger partial charge < -0.3 is 15.0 Å². The molecule has 3 aromatic carbocycles. The zero-order valence-electron chi connectivity index (χ0n) is 21.0. The highest BCUT2D eigenvalue weighted by Gasteiger charge is 2.41. The van der Waals surface area contributed by atoms with Crippen LogP contribution in [0.15, 0.2) is 66.9 Å². The van der Waals surface area contributed by atoms with Gasteiger partial charge in [-0.3, -0.25) is 0 Å². The molecule has 192 valence electrons. The van der Waals surface area contributed by atoms with Gasteiger partial charge in [-0.2, -0.15) is 0 Å². The highest BCUT2D eigenvalue weighted by Crippen LogP contribution is 2.46. The molecular weight excluding hydrogens is 482 g/mol. The minimum absolute atomic E-state index is 0.228. The van der Waals surface area contributed by atoms with Crippen LogP contribution in [0, 0.1) is 29.4 Å². The number of H-pyrrole nitrogens is 1. The minimum Gasteiger partial charge on any atom is -0.455 e. The summed E-state index contributed by atoms with van der Waals surface area (Å²) in [5.41, 5.74) is 1.41. The third-order valence-electron chi connectivity index (χ3n) is 8.55. The second-order valence-corrected chi connectivity index (χ2v) is 10.7. The molecular formula is C31H28F2N4O. The van der Waals surface area contributed by atoms with E-state index in [-0.39, 0.29) is 5.52 Å². The quantitative estimate of drug-likeness (QED) is 0.251. The van der Waals surface area contributed by atoms with Gasteiger partial charge in [0.15, 0.2) is 11.6 Å². The molecule has 2 bridgehead atoms. The van der Waals surface area contributed by atoms with E-state index in [1.54, 1.807) is 6.20 Å². The Morgan fingerprint density at radius 1 is 0.895 bits per heavy atom. The van der Waals surface area contributed by atoms with Crippen molar-refractivity contribution in [2.45, 2.75) is 38.6 Å². The van der Waals surface area contributed by atoms with Gasteiger partial charge in [0, 0.05) is 34.6 Å². The van der Waals surface area contributed by atoms with Gasteiger partial charge in [0.2, 0.25) is 0 Å². The highest BCUT2D eigenvalue weighted by molar-refractivity contribution is 5.98. The highest BCUT2D eigenvalue weighted by atomic mass is 19.1. The van der Waals surface area contributed by atoms with Crippen LogP contribution in [0.3, 0.4) is 0 Å². The molecule has 8 rings (SSSR count). The number of hydrogen-bond acceptors (Lipinski definition) is 4. The molecule has 2 heterocycles. The van der Waals surface area contributed by atoms with Crippen molar-refractivity contribution < 1.29 is 13.5 Å². The van der Waals surface area contributed by atoms with Crippen LogP contribution in [0.2, 0.25) is 0 Å².